The van der Waals surface area contributed by atoms with Gasteiger partial charge in [-0.15, -0.1) is 0 Å². The van der Waals surface area contributed by atoms with E-state index >= 15 is 0 Å². The Morgan fingerprint density at radius 3 is 2.81 bits per heavy atom. The molecule has 4 rings (SSSR count). The Bertz CT molecular complexity index is 602. The molecule has 1 N–H and O–H groups in total. The van der Waals surface area contributed by atoms with E-state index in [1.165, 1.54) is 36.9 Å². The van der Waals surface area contributed by atoms with Crippen molar-refractivity contribution in [1.82, 2.24) is 24.6 Å². The summed E-state index contributed by atoms with van der Waals surface area (Å²) >= 11 is 0. The zero-order valence-corrected chi connectivity index (χ0v) is 12.6. The number of imidazole rings is 1. The molecule has 0 amide bonds. The van der Waals surface area contributed by atoms with Gasteiger partial charge >= 0.3 is 0 Å². The molecule has 0 radical (unpaired) electrons. The fourth-order valence-electron chi connectivity index (χ4n) is 3.92. The van der Waals surface area contributed by atoms with Crippen LogP contribution in [0, 0.1) is 0 Å². The predicted octanol–water partition coefficient (Wildman–Crippen LogP) is 2.61. The maximum atomic E-state index is 4.45. The Hall–Kier alpha value is -1.62. The molecule has 2 bridgehead atoms. The highest BCUT2D eigenvalue weighted by Crippen LogP contribution is 2.36. The first-order valence-corrected chi connectivity index (χ1v) is 8.14. The number of aryl methyl sites for hydroxylation is 1. The molecular weight excluding hydrogens is 262 g/mol. The second kappa shape index (κ2) is 5.30. The number of fused-ring (bicyclic) bond motifs is 2. The second-order valence-corrected chi connectivity index (χ2v) is 6.44. The highest BCUT2D eigenvalue weighted by atomic mass is 15.3. The van der Waals surface area contributed by atoms with Gasteiger partial charge < -0.3 is 9.88 Å². The van der Waals surface area contributed by atoms with Crippen molar-refractivity contribution in [2.75, 3.05) is 0 Å². The fraction of sp³-hybridized carbons (Fsp3) is 0.625. The Kier molecular flexibility index (Phi) is 3.30. The number of nitrogens with one attached hydrogen (secondary N) is 1. The molecule has 4 heterocycles. The molecule has 2 aliphatic rings. The minimum atomic E-state index is 0.579. The van der Waals surface area contributed by atoms with Crippen molar-refractivity contribution in [3.05, 3.63) is 24.9 Å². The average molecular weight is 285 g/mol. The lowest BCUT2D eigenvalue weighted by atomic mass is 9.99. The number of aromatic nitrogens is 4. The second-order valence-electron chi connectivity index (χ2n) is 6.44. The zero-order chi connectivity index (χ0) is 14.2. The normalized spacial score (nSPS) is 28.1. The van der Waals surface area contributed by atoms with Crippen LogP contribution in [0.25, 0.3) is 11.3 Å². The van der Waals surface area contributed by atoms with Crippen LogP contribution in [0.2, 0.25) is 0 Å². The van der Waals surface area contributed by atoms with Crippen LogP contribution in [0.4, 0.5) is 0 Å². The highest BCUT2D eigenvalue weighted by molar-refractivity contribution is 5.56. The van der Waals surface area contributed by atoms with Gasteiger partial charge in [0, 0.05) is 36.4 Å². The maximum Gasteiger partial charge on any atom is 0.0953 e. The molecule has 112 valence electrons. The number of hydrogen-bond donors (Lipinski definition) is 1. The number of piperidine rings is 1. The first kappa shape index (κ1) is 13.1. The van der Waals surface area contributed by atoms with Gasteiger partial charge in [-0.3, -0.25) is 4.68 Å². The Balaban J connectivity index is 1.60. The van der Waals surface area contributed by atoms with Gasteiger partial charge in [0.05, 0.1) is 24.4 Å². The van der Waals surface area contributed by atoms with E-state index in [1.54, 1.807) is 0 Å². The van der Waals surface area contributed by atoms with Crippen molar-refractivity contribution >= 4 is 0 Å². The minimum Gasteiger partial charge on any atom is -0.327 e. The van der Waals surface area contributed by atoms with Gasteiger partial charge in [0.2, 0.25) is 0 Å². The molecule has 21 heavy (non-hydrogen) atoms. The summed E-state index contributed by atoms with van der Waals surface area (Å²) in [6.07, 6.45) is 14.3. The summed E-state index contributed by atoms with van der Waals surface area (Å²) < 4.78 is 4.40. The molecule has 2 unspecified atom stereocenters. The van der Waals surface area contributed by atoms with Crippen LogP contribution in [-0.4, -0.2) is 31.4 Å². The first-order chi connectivity index (χ1) is 10.3. The molecular formula is C16H23N5. The van der Waals surface area contributed by atoms with Crippen molar-refractivity contribution in [3.8, 4) is 11.3 Å². The van der Waals surface area contributed by atoms with E-state index in [1.807, 2.05) is 23.4 Å². The van der Waals surface area contributed by atoms with E-state index in [-0.39, 0.29) is 0 Å². The molecule has 2 aromatic heterocycles. The van der Waals surface area contributed by atoms with Gasteiger partial charge in [-0.1, -0.05) is 6.92 Å². The SMILES string of the molecule is CCCn1cc(-c2cncn2C2CC3CCC(C2)N3)cn1. The molecule has 5 heteroatoms. The van der Waals surface area contributed by atoms with Gasteiger partial charge in [0.1, 0.15) is 0 Å². The third-order valence-corrected chi connectivity index (χ3v) is 4.89. The fourth-order valence-corrected chi connectivity index (χ4v) is 3.92. The molecule has 0 saturated carbocycles. The van der Waals surface area contributed by atoms with Crippen LogP contribution in [0.1, 0.15) is 45.1 Å². The number of hydrogen-bond acceptors (Lipinski definition) is 3. The van der Waals surface area contributed by atoms with Crippen LogP contribution < -0.4 is 5.32 Å². The van der Waals surface area contributed by atoms with Crippen LogP contribution in [0.5, 0.6) is 0 Å². The van der Waals surface area contributed by atoms with Crippen molar-refractivity contribution < 1.29 is 0 Å². The lowest BCUT2D eigenvalue weighted by Gasteiger charge is -2.30. The maximum absolute atomic E-state index is 4.45. The Morgan fingerprint density at radius 2 is 2.05 bits per heavy atom. The minimum absolute atomic E-state index is 0.579. The van der Waals surface area contributed by atoms with Gasteiger partial charge in [-0.25, -0.2) is 4.98 Å². The number of nitrogens with zero attached hydrogens (tertiary/aromatic N) is 4. The van der Waals surface area contributed by atoms with E-state index in [0.717, 1.165) is 13.0 Å². The van der Waals surface area contributed by atoms with E-state index in [0.29, 0.717) is 18.1 Å². The molecule has 2 saturated heterocycles. The molecule has 2 aromatic rings. The quantitative estimate of drug-likeness (QED) is 0.939. The molecule has 2 fully saturated rings. The van der Waals surface area contributed by atoms with Gasteiger partial charge in [0.25, 0.3) is 0 Å². The summed E-state index contributed by atoms with van der Waals surface area (Å²) in [5.41, 5.74) is 2.40. The van der Waals surface area contributed by atoms with Crippen LogP contribution >= 0.6 is 0 Å². The van der Waals surface area contributed by atoms with Crippen LogP contribution in [0.3, 0.4) is 0 Å². The zero-order valence-electron chi connectivity index (χ0n) is 12.6. The van der Waals surface area contributed by atoms with E-state index in [4.69, 9.17) is 0 Å². The molecule has 0 aliphatic carbocycles. The summed E-state index contributed by atoms with van der Waals surface area (Å²) in [6, 6.07) is 1.98. The largest absolute Gasteiger partial charge is 0.327 e. The lowest BCUT2D eigenvalue weighted by Crippen LogP contribution is -2.38. The van der Waals surface area contributed by atoms with E-state index in [9.17, 15) is 0 Å². The van der Waals surface area contributed by atoms with Gasteiger partial charge in [-0.2, -0.15) is 5.10 Å². The molecule has 5 nitrogen and oxygen atoms in total. The summed E-state index contributed by atoms with van der Waals surface area (Å²) in [7, 11) is 0. The van der Waals surface area contributed by atoms with Crippen molar-refractivity contribution in [3.63, 3.8) is 0 Å². The van der Waals surface area contributed by atoms with Crippen molar-refractivity contribution in [1.29, 1.82) is 0 Å². The van der Waals surface area contributed by atoms with E-state index < -0.39 is 0 Å². The third kappa shape index (κ3) is 2.39. The van der Waals surface area contributed by atoms with Crippen molar-refractivity contribution in [2.24, 2.45) is 0 Å². The topological polar surface area (TPSA) is 47.7 Å². The molecule has 2 atom stereocenters. The van der Waals surface area contributed by atoms with E-state index in [2.05, 4.69) is 33.1 Å². The third-order valence-electron chi connectivity index (χ3n) is 4.89. The summed E-state index contributed by atoms with van der Waals surface area (Å²) in [5, 5.41) is 8.17. The van der Waals surface area contributed by atoms with Gasteiger partial charge in [-0.05, 0) is 32.1 Å². The molecule has 2 aliphatic heterocycles. The predicted molar refractivity (Wildman–Crippen MR) is 82.0 cm³/mol. The highest BCUT2D eigenvalue weighted by Gasteiger charge is 2.34. The van der Waals surface area contributed by atoms with Crippen LogP contribution in [-0.2, 0) is 6.54 Å². The number of rotatable bonds is 4. The summed E-state index contributed by atoms with van der Waals surface area (Å²) in [5.74, 6) is 0. The molecule has 0 aromatic carbocycles. The molecule has 0 spiro atoms. The van der Waals surface area contributed by atoms with Gasteiger partial charge in [0.15, 0.2) is 0 Å². The first-order valence-electron chi connectivity index (χ1n) is 8.14. The average Bonchev–Trinajstić information content (AvgIpc) is 3.19. The Morgan fingerprint density at radius 1 is 1.24 bits per heavy atom. The lowest BCUT2D eigenvalue weighted by molar-refractivity contribution is 0.300. The van der Waals surface area contributed by atoms with Crippen LogP contribution in [0.15, 0.2) is 24.9 Å². The smallest absolute Gasteiger partial charge is 0.0953 e. The Labute approximate surface area is 125 Å². The standard InChI is InChI=1S/C16H23N5/c1-2-5-20-10-12(8-18-20)16-9-17-11-21(16)15-6-13-3-4-14(7-15)19-13/h8-11,13-15,19H,2-7H2,1H3. The van der Waals surface area contributed by atoms with Crippen molar-refractivity contribution in [2.45, 2.75) is 63.7 Å². The summed E-state index contributed by atoms with van der Waals surface area (Å²) in [4.78, 5) is 4.40. The monoisotopic (exact) mass is 285 g/mol. The summed E-state index contributed by atoms with van der Waals surface area (Å²) in [6.45, 7) is 3.15.